The molecule has 0 unspecified atom stereocenters. The van der Waals surface area contributed by atoms with E-state index >= 15 is 0 Å². The lowest BCUT2D eigenvalue weighted by Gasteiger charge is -2.37. The number of ether oxygens (including phenoxy) is 1. The maximum Gasteiger partial charge on any atom is 0.251 e. The van der Waals surface area contributed by atoms with E-state index in [4.69, 9.17) is 4.74 Å². The molecule has 2 aromatic carbocycles. The molecule has 0 fully saturated rings. The third-order valence-electron chi connectivity index (χ3n) is 4.13. The first-order valence-electron chi connectivity index (χ1n) is 8.30. The van der Waals surface area contributed by atoms with Crippen LogP contribution in [0.3, 0.4) is 0 Å². The van der Waals surface area contributed by atoms with Crippen LogP contribution in [0.1, 0.15) is 42.2 Å². The number of anilines is 1. The average molecular weight is 374 g/mol. The SMILES string of the molecule is CC1(C)C[C@@H](NC(=O)c2ccc(NS(C)(=O)=O)cc2)c2ccccc2O1. The van der Waals surface area contributed by atoms with E-state index < -0.39 is 10.0 Å². The van der Waals surface area contributed by atoms with E-state index in [1.165, 1.54) is 0 Å². The number of sulfonamides is 1. The molecule has 6 nitrogen and oxygen atoms in total. The third kappa shape index (κ3) is 4.35. The number of nitrogens with one attached hydrogen (secondary N) is 2. The zero-order valence-electron chi connectivity index (χ0n) is 14.9. The summed E-state index contributed by atoms with van der Waals surface area (Å²) in [6, 6.07) is 13.9. The van der Waals surface area contributed by atoms with Gasteiger partial charge in [0.1, 0.15) is 11.4 Å². The minimum Gasteiger partial charge on any atom is -0.487 e. The van der Waals surface area contributed by atoms with E-state index in [0.29, 0.717) is 17.7 Å². The predicted molar refractivity (Wildman–Crippen MR) is 101 cm³/mol. The van der Waals surface area contributed by atoms with E-state index in [1.54, 1.807) is 24.3 Å². The Morgan fingerprint density at radius 3 is 2.42 bits per heavy atom. The van der Waals surface area contributed by atoms with Gasteiger partial charge in [-0.25, -0.2) is 8.42 Å². The van der Waals surface area contributed by atoms with Gasteiger partial charge in [-0.15, -0.1) is 0 Å². The van der Waals surface area contributed by atoms with Gasteiger partial charge in [-0.3, -0.25) is 9.52 Å². The molecule has 0 aromatic heterocycles. The van der Waals surface area contributed by atoms with Crippen molar-refractivity contribution in [1.82, 2.24) is 5.32 Å². The average Bonchev–Trinajstić information content (AvgIpc) is 2.53. The first-order valence-corrected chi connectivity index (χ1v) is 10.2. The Kier molecular flexibility index (Phi) is 4.66. The van der Waals surface area contributed by atoms with Crippen LogP contribution in [0.5, 0.6) is 5.75 Å². The maximum atomic E-state index is 12.6. The molecule has 1 atom stereocenters. The van der Waals surface area contributed by atoms with Gasteiger partial charge < -0.3 is 10.1 Å². The number of carbonyl (C=O) groups is 1. The highest BCUT2D eigenvalue weighted by atomic mass is 32.2. The molecule has 1 aliphatic heterocycles. The second kappa shape index (κ2) is 6.64. The van der Waals surface area contributed by atoms with Crippen LogP contribution in [0.25, 0.3) is 0 Å². The Hall–Kier alpha value is -2.54. The molecule has 1 heterocycles. The van der Waals surface area contributed by atoms with Crippen molar-refractivity contribution < 1.29 is 17.9 Å². The fraction of sp³-hybridized carbons (Fsp3) is 0.316. The van der Waals surface area contributed by atoms with Crippen LogP contribution >= 0.6 is 0 Å². The lowest BCUT2D eigenvalue weighted by molar-refractivity contribution is 0.0619. The topological polar surface area (TPSA) is 84.5 Å². The molecule has 0 aliphatic carbocycles. The van der Waals surface area contributed by atoms with Crippen molar-refractivity contribution >= 4 is 21.6 Å². The van der Waals surface area contributed by atoms with Crippen molar-refractivity contribution in [2.24, 2.45) is 0 Å². The van der Waals surface area contributed by atoms with Crippen LogP contribution in [0.2, 0.25) is 0 Å². The van der Waals surface area contributed by atoms with Gasteiger partial charge in [-0.1, -0.05) is 18.2 Å². The second-order valence-corrected chi connectivity index (χ2v) is 8.83. The van der Waals surface area contributed by atoms with Gasteiger partial charge in [-0.2, -0.15) is 0 Å². The summed E-state index contributed by atoms with van der Waals surface area (Å²) in [5, 5.41) is 3.06. The van der Waals surface area contributed by atoms with E-state index in [2.05, 4.69) is 10.0 Å². The summed E-state index contributed by atoms with van der Waals surface area (Å²) in [6.07, 6.45) is 1.74. The molecule has 1 aliphatic rings. The van der Waals surface area contributed by atoms with Crippen LogP contribution in [0, 0.1) is 0 Å². The molecule has 138 valence electrons. The van der Waals surface area contributed by atoms with Crippen LogP contribution in [0.4, 0.5) is 5.69 Å². The van der Waals surface area contributed by atoms with Crippen LogP contribution in [-0.4, -0.2) is 26.2 Å². The predicted octanol–water partition coefficient (Wildman–Crippen LogP) is 3.09. The fourth-order valence-corrected chi connectivity index (χ4v) is 3.64. The van der Waals surface area contributed by atoms with E-state index in [9.17, 15) is 13.2 Å². The molecular weight excluding hydrogens is 352 g/mol. The molecule has 0 saturated heterocycles. The molecule has 0 radical (unpaired) electrons. The second-order valence-electron chi connectivity index (χ2n) is 7.08. The number of amides is 1. The summed E-state index contributed by atoms with van der Waals surface area (Å²) >= 11 is 0. The summed E-state index contributed by atoms with van der Waals surface area (Å²) in [6.45, 7) is 3.99. The van der Waals surface area contributed by atoms with Crippen molar-refractivity contribution in [2.75, 3.05) is 11.0 Å². The number of fused-ring (bicyclic) bond motifs is 1. The van der Waals surface area contributed by atoms with Gasteiger partial charge in [0, 0.05) is 23.2 Å². The molecule has 3 rings (SSSR count). The van der Waals surface area contributed by atoms with Crippen molar-refractivity contribution in [3.8, 4) is 5.75 Å². The zero-order chi connectivity index (χ0) is 18.9. The highest BCUT2D eigenvalue weighted by Gasteiger charge is 2.34. The Morgan fingerprint density at radius 1 is 1.12 bits per heavy atom. The standard InChI is InChI=1S/C19H22N2O4S/c1-19(2)12-16(15-6-4-5-7-17(15)25-19)20-18(22)13-8-10-14(11-9-13)21-26(3,23)24/h4-11,16,21H,12H2,1-3H3,(H,20,22)/t16-/m1/s1. The fourth-order valence-electron chi connectivity index (χ4n) is 3.08. The Morgan fingerprint density at radius 2 is 1.77 bits per heavy atom. The lowest BCUT2D eigenvalue weighted by Crippen LogP contribution is -2.41. The van der Waals surface area contributed by atoms with Crippen LogP contribution in [-0.2, 0) is 10.0 Å². The maximum absolute atomic E-state index is 12.6. The van der Waals surface area contributed by atoms with Gasteiger partial charge in [0.15, 0.2) is 0 Å². The Labute approximate surface area is 153 Å². The minimum atomic E-state index is -3.34. The molecule has 2 aromatic rings. The van der Waals surface area contributed by atoms with Gasteiger partial charge in [0.2, 0.25) is 10.0 Å². The molecule has 26 heavy (non-hydrogen) atoms. The van der Waals surface area contributed by atoms with Gasteiger partial charge in [0.25, 0.3) is 5.91 Å². The lowest BCUT2D eigenvalue weighted by atomic mass is 9.89. The van der Waals surface area contributed by atoms with Gasteiger partial charge >= 0.3 is 0 Å². The van der Waals surface area contributed by atoms with Crippen LogP contribution in [0.15, 0.2) is 48.5 Å². The Bertz CT molecular complexity index is 921. The third-order valence-corrected chi connectivity index (χ3v) is 4.74. The van der Waals surface area contributed by atoms with E-state index in [1.807, 2.05) is 38.1 Å². The quantitative estimate of drug-likeness (QED) is 0.861. The highest BCUT2D eigenvalue weighted by molar-refractivity contribution is 7.92. The van der Waals surface area contributed by atoms with Gasteiger partial charge in [0.05, 0.1) is 12.3 Å². The highest BCUT2D eigenvalue weighted by Crippen LogP contribution is 2.39. The van der Waals surface area contributed by atoms with Gasteiger partial charge in [-0.05, 0) is 44.2 Å². The number of hydrogen-bond donors (Lipinski definition) is 2. The summed E-state index contributed by atoms with van der Waals surface area (Å²) in [7, 11) is -3.34. The Balaban J connectivity index is 1.77. The minimum absolute atomic E-state index is 0.156. The molecule has 1 amide bonds. The molecular formula is C19H22N2O4S. The van der Waals surface area contributed by atoms with E-state index in [-0.39, 0.29) is 17.6 Å². The number of rotatable bonds is 4. The molecule has 0 saturated carbocycles. The first-order chi connectivity index (χ1) is 12.1. The zero-order valence-corrected chi connectivity index (χ0v) is 15.8. The normalized spacial score (nSPS) is 18.3. The number of hydrogen-bond acceptors (Lipinski definition) is 4. The van der Waals surface area contributed by atoms with Crippen molar-refractivity contribution in [2.45, 2.75) is 31.9 Å². The van der Waals surface area contributed by atoms with Crippen molar-refractivity contribution in [1.29, 1.82) is 0 Å². The molecule has 2 N–H and O–H groups in total. The van der Waals surface area contributed by atoms with Crippen molar-refractivity contribution in [3.05, 3.63) is 59.7 Å². The molecule has 0 spiro atoms. The summed E-state index contributed by atoms with van der Waals surface area (Å²) in [4.78, 5) is 12.6. The molecule has 0 bridgehead atoms. The largest absolute Gasteiger partial charge is 0.487 e. The number of para-hydroxylation sites is 1. The first kappa shape index (κ1) is 18.3. The summed E-state index contributed by atoms with van der Waals surface area (Å²) < 4.78 is 30.9. The van der Waals surface area contributed by atoms with E-state index in [0.717, 1.165) is 17.6 Å². The summed E-state index contributed by atoms with van der Waals surface area (Å²) in [5.74, 6) is 0.565. The smallest absolute Gasteiger partial charge is 0.251 e. The number of benzene rings is 2. The molecule has 7 heteroatoms. The van der Waals surface area contributed by atoms with Crippen molar-refractivity contribution in [3.63, 3.8) is 0 Å². The monoisotopic (exact) mass is 374 g/mol. The van der Waals surface area contributed by atoms with Crippen LogP contribution < -0.4 is 14.8 Å². The summed E-state index contributed by atoms with van der Waals surface area (Å²) in [5.41, 5.74) is 1.46. The number of carbonyl (C=O) groups excluding carboxylic acids is 1.